The molecule has 3 nitrogen and oxygen atoms in total. The summed E-state index contributed by atoms with van der Waals surface area (Å²) in [6.07, 6.45) is 3.41. The van der Waals surface area contributed by atoms with Crippen molar-refractivity contribution in [3.8, 4) is 11.3 Å². The molecule has 0 unspecified atom stereocenters. The molecule has 0 saturated heterocycles. The normalized spacial score (nSPS) is 11.1. The molecule has 90 valence electrons. The standard InChI is InChI=1S/C13H9BrFN3/c1-18-7-17-13(14)12(18)10-4-5-16-11-6-8(15)2-3-9(10)11/h2-7H,1H3. The van der Waals surface area contributed by atoms with Crippen molar-refractivity contribution >= 4 is 26.8 Å². The Hall–Kier alpha value is -1.75. The van der Waals surface area contributed by atoms with Gasteiger partial charge in [0.2, 0.25) is 0 Å². The fourth-order valence-corrected chi connectivity index (χ4v) is 2.62. The van der Waals surface area contributed by atoms with Crippen LogP contribution in [0.25, 0.3) is 22.2 Å². The highest BCUT2D eigenvalue weighted by atomic mass is 79.9. The van der Waals surface area contributed by atoms with Gasteiger partial charge in [-0.2, -0.15) is 0 Å². The van der Waals surface area contributed by atoms with Crippen LogP contribution in [0.15, 0.2) is 41.4 Å². The van der Waals surface area contributed by atoms with Crippen LogP contribution in [0, 0.1) is 5.82 Å². The van der Waals surface area contributed by atoms with Crippen molar-refractivity contribution in [2.45, 2.75) is 0 Å². The first-order chi connectivity index (χ1) is 8.66. The van der Waals surface area contributed by atoms with Crippen molar-refractivity contribution in [1.82, 2.24) is 14.5 Å². The lowest BCUT2D eigenvalue weighted by Crippen LogP contribution is -1.92. The average Bonchev–Trinajstić information content (AvgIpc) is 2.68. The first-order valence-corrected chi connectivity index (χ1v) is 6.17. The smallest absolute Gasteiger partial charge is 0.132 e. The minimum Gasteiger partial charge on any atom is -0.333 e. The summed E-state index contributed by atoms with van der Waals surface area (Å²) in [5.41, 5.74) is 2.57. The van der Waals surface area contributed by atoms with Crippen molar-refractivity contribution in [3.63, 3.8) is 0 Å². The van der Waals surface area contributed by atoms with Crippen LogP contribution in [0.2, 0.25) is 0 Å². The molecule has 0 atom stereocenters. The van der Waals surface area contributed by atoms with Gasteiger partial charge in [-0.25, -0.2) is 9.37 Å². The van der Waals surface area contributed by atoms with Crippen LogP contribution in [0.3, 0.4) is 0 Å². The van der Waals surface area contributed by atoms with Crippen LogP contribution < -0.4 is 0 Å². The molecule has 0 radical (unpaired) electrons. The molecule has 0 aliphatic rings. The molecule has 0 bridgehead atoms. The van der Waals surface area contributed by atoms with Crippen molar-refractivity contribution in [3.05, 3.63) is 47.2 Å². The molecule has 3 aromatic rings. The van der Waals surface area contributed by atoms with Crippen molar-refractivity contribution in [2.75, 3.05) is 0 Å². The van der Waals surface area contributed by atoms with Crippen LogP contribution in [0.1, 0.15) is 0 Å². The van der Waals surface area contributed by atoms with Crippen LogP contribution in [0.5, 0.6) is 0 Å². The number of pyridine rings is 1. The second kappa shape index (κ2) is 4.17. The molecule has 2 aromatic heterocycles. The number of benzene rings is 1. The molecule has 0 amide bonds. The van der Waals surface area contributed by atoms with Crippen molar-refractivity contribution in [2.24, 2.45) is 7.05 Å². The number of aryl methyl sites for hydroxylation is 1. The van der Waals surface area contributed by atoms with Gasteiger partial charge in [-0.1, -0.05) is 0 Å². The van der Waals surface area contributed by atoms with Crippen molar-refractivity contribution < 1.29 is 4.39 Å². The van der Waals surface area contributed by atoms with Gasteiger partial charge in [0.05, 0.1) is 17.5 Å². The molecule has 0 fully saturated rings. The summed E-state index contributed by atoms with van der Waals surface area (Å²) in [7, 11) is 1.92. The topological polar surface area (TPSA) is 30.7 Å². The molecule has 0 aliphatic heterocycles. The molecule has 0 N–H and O–H groups in total. The van der Waals surface area contributed by atoms with E-state index in [9.17, 15) is 4.39 Å². The second-order valence-electron chi connectivity index (χ2n) is 4.01. The zero-order valence-corrected chi connectivity index (χ0v) is 11.1. The van der Waals surface area contributed by atoms with Crippen LogP contribution in [-0.4, -0.2) is 14.5 Å². The number of rotatable bonds is 1. The van der Waals surface area contributed by atoms with Gasteiger partial charge >= 0.3 is 0 Å². The Kier molecular flexibility index (Phi) is 2.63. The summed E-state index contributed by atoms with van der Waals surface area (Å²) in [5, 5.41) is 0.906. The lowest BCUT2D eigenvalue weighted by Gasteiger charge is -2.07. The Labute approximate surface area is 111 Å². The minimum absolute atomic E-state index is 0.281. The maximum Gasteiger partial charge on any atom is 0.132 e. The summed E-state index contributed by atoms with van der Waals surface area (Å²) >= 11 is 3.43. The highest BCUT2D eigenvalue weighted by Gasteiger charge is 2.12. The molecule has 0 aliphatic carbocycles. The third kappa shape index (κ3) is 1.71. The van der Waals surface area contributed by atoms with E-state index in [1.165, 1.54) is 12.1 Å². The Morgan fingerprint density at radius 2 is 2.06 bits per heavy atom. The molecule has 5 heteroatoms. The van der Waals surface area contributed by atoms with E-state index >= 15 is 0 Å². The third-order valence-corrected chi connectivity index (χ3v) is 3.43. The number of nitrogens with zero attached hydrogens (tertiary/aromatic N) is 3. The van der Waals surface area contributed by atoms with Crippen molar-refractivity contribution in [1.29, 1.82) is 0 Å². The lowest BCUT2D eigenvalue weighted by molar-refractivity contribution is 0.629. The van der Waals surface area contributed by atoms with Crippen LogP contribution in [0.4, 0.5) is 4.39 Å². The Balaban J connectivity index is 2.37. The number of hydrogen-bond acceptors (Lipinski definition) is 2. The van der Waals surface area contributed by atoms with E-state index in [1.807, 2.05) is 17.7 Å². The molecule has 1 aromatic carbocycles. The SMILES string of the molecule is Cn1cnc(Br)c1-c1ccnc2cc(F)ccc12. The van der Waals surface area contributed by atoms with Gasteiger partial charge in [0.25, 0.3) is 0 Å². The van der Waals surface area contributed by atoms with Crippen LogP contribution in [-0.2, 0) is 7.05 Å². The lowest BCUT2D eigenvalue weighted by atomic mass is 10.1. The molecular formula is C13H9BrFN3. The number of imidazole rings is 1. The van der Waals surface area contributed by atoms with E-state index in [0.29, 0.717) is 5.52 Å². The fourth-order valence-electron chi connectivity index (χ4n) is 2.03. The van der Waals surface area contributed by atoms with E-state index in [2.05, 4.69) is 25.9 Å². The van der Waals surface area contributed by atoms with E-state index < -0.39 is 0 Å². The summed E-state index contributed by atoms with van der Waals surface area (Å²) in [6.45, 7) is 0. The molecule has 2 heterocycles. The van der Waals surface area contributed by atoms with Gasteiger partial charge < -0.3 is 4.57 Å². The highest BCUT2D eigenvalue weighted by Crippen LogP contribution is 2.31. The monoisotopic (exact) mass is 305 g/mol. The van der Waals surface area contributed by atoms with E-state index in [4.69, 9.17) is 0 Å². The molecule has 18 heavy (non-hydrogen) atoms. The minimum atomic E-state index is -0.281. The van der Waals surface area contributed by atoms with E-state index in [1.54, 1.807) is 18.6 Å². The molecule has 0 spiro atoms. The Bertz CT molecular complexity index is 717. The highest BCUT2D eigenvalue weighted by molar-refractivity contribution is 9.10. The first kappa shape index (κ1) is 11.3. The van der Waals surface area contributed by atoms with Gasteiger partial charge in [0.15, 0.2) is 0 Å². The van der Waals surface area contributed by atoms with E-state index in [-0.39, 0.29) is 5.82 Å². The summed E-state index contributed by atoms with van der Waals surface area (Å²) in [4.78, 5) is 8.39. The Morgan fingerprint density at radius 1 is 1.22 bits per heavy atom. The second-order valence-corrected chi connectivity index (χ2v) is 4.77. The average molecular weight is 306 g/mol. The molecule has 3 rings (SSSR count). The van der Waals surface area contributed by atoms with Crippen LogP contribution >= 0.6 is 15.9 Å². The van der Waals surface area contributed by atoms with Gasteiger partial charge in [-0.3, -0.25) is 4.98 Å². The van der Waals surface area contributed by atoms with E-state index in [0.717, 1.165) is 21.2 Å². The summed E-state index contributed by atoms with van der Waals surface area (Å²) in [5.74, 6) is -0.281. The number of fused-ring (bicyclic) bond motifs is 1. The maximum atomic E-state index is 13.2. The maximum absolute atomic E-state index is 13.2. The van der Waals surface area contributed by atoms with Gasteiger partial charge in [0.1, 0.15) is 10.4 Å². The predicted octanol–water partition coefficient (Wildman–Crippen LogP) is 3.54. The Morgan fingerprint density at radius 3 is 2.78 bits per heavy atom. The predicted molar refractivity (Wildman–Crippen MR) is 71.6 cm³/mol. The number of halogens is 2. The first-order valence-electron chi connectivity index (χ1n) is 5.38. The van der Waals surface area contributed by atoms with Gasteiger partial charge in [-0.05, 0) is 34.1 Å². The fraction of sp³-hybridized carbons (Fsp3) is 0.0769. The third-order valence-electron chi connectivity index (χ3n) is 2.85. The van der Waals surface area contributed by atoms with Gasteiger partial charge in [-0.15, -0.1) is 0 Å². The number of hydrogen-bond donors (Lipinski definition) is 0. The zero-order chi connectivity index (χ0) is 12.7. The molecular weight excluding hydrogens is 297 g/mol. The molecule has 0 saturated carbocycles. The largest absolute Gasteiger partial charge is 0.333 e. The van der Waals surface area contributed by atoms with Gasteiger partial charge in [0, 0.05) is 30.3 Å². The zero-order valence-electron chi connectivity index (χ0n) is 9.56. The number of aromatic nitrogens is 3. The summed E-state index contributed by atoms with van der Waals surface area (Å²) < 4.78 is 15.9. The quantitative estimate of drug-likeness (QED) is 0.688. The summed E-state index contributed by atoms with van der Waals surface area (Å²) in [6, 6.07) is 6.52.